The van der Waals surface area contributed by atoms with E-state index in [4.69, 9.17) is 14.2 Å². The van der Waals surface area contributed by atoms with Gasteiger partial charge in [0.1, 0.15) is 13.2 Å². The van der Waals surface area contributed by atoms with Crippen molar-refractivity contribution in [3.05, 3.63) is 0 Å². The van der Waals surface area contributed by atoms with Crippen molar-refractivity contribution >= 4 is 17.9 Å². The molecule has 0 N–H and O–H groups in total. The summed E-state index contributed by atoms with van der Waals surface area (Å²) < 4.78 is 16.9. The molecular weight excluding hydrogens is 757 g/mol. The SMILES string of the molecule is CCCCCCCCCCCCCCCCC(=O)OC[C@@H](COC(=O)CCCCCCCCCCCCCCC(C)C)OC(=O)CCCCCCCCCCCCC(C)CC. The van der Waals surface area contributed by atoms with Crippen molar-refractivity contribution in [1.82, 2.24) is 0 Å². The molecule has 61 heavy (non-hydrogen) atoms. The summed E-state index contributed by atoms with van der Waals surface area (Å²) in [5, 5.41) is 0. The Bertz CT molecular complexity index is 933. The van der Waals surface area contributed by atoms with Gasteiger partial charge in [0, 0.05) is 19.3 Å². The molecule has 1 unspecified atom stereocenters. The molecule has 2 atom stereocenters. The highest BCUT2D eigenvalue weighted by molar-refractivity contribution is 5.71. The Hall–Kier alpha value is -1.59. The normalized spacial score (nSPS) is 12.5. The maximum absolute atomic E-state index is 12.8. The van der Waals surface area contributed by atoms with Crippen LogP contribution < -0.4 is 0 Å². The summed E-state index contributed by atoms with van der Waals surface area (Å²) in [7, 11) is 0. The Kier molecular flexibility index (Phi) is 46.6. The Labute approximate surface area is 380 Å². The number of unbranched alkanes of at least 4 members (excludes halogenated alkanes) is 33. The fourth-order valence-corrected chi connectivity index (χ4v) is 8.31. The first-order valence-corrected chi connectivity index (χ1v) is 27.3. The summed E-state index contributed by atoms with van der Waals surface area (Å²) >= 11 is 0. The van der Waals surface area contributed by atoms with Gasteiger partial charge >= 0.3 is 17.9 Å². The zero-order valence-electron chi connectivity index (χ0n) is 41.8. The average molecular weight is 863 g/mol. The fraction of sp³-hybridized carbons (Fsp3) is 0.945. The zero-order chi connectivity index (χ0) is 44.7. The van der Waals surface area contributed by atoms with E-state index < -0.39 is 6.10 Å². The van der Waals surface area contributed by atoms with Crippen molar-refractivity contribution in [2.75, 3.05) is 13.2 Å². The fourth-order valence-electron chi connectivity index (χ4n) is 8.31. The Morgan fingerprint density at radius 1 is 0.344 bits per heavy atom. The molecule has 362 valence electrons. The third-order valence-corrected chi connectivity index (χ3v) is 12.8. The first-order chi connectivity index (χ1) is 29.8. The average Bonchev–Trinajstić information content (AvgIpc) is 3.24. The number of carbonyl (C=O) groups excluding carboxylic acids is 3. The lowest BCUT2D eigenvalue weighted by atomic mass is 9.99. The summed E-state index contributed by atoms with van der Waals surface area (Å²) in [6, 6.07) is 0. The van der Waals surface area contributed by atoms with Crippen LogP contribution in [0.3, 0.4) is 0 Å². The molecule has 0 radical (unpaired) electrons. The third-order valence-electron chi connectivity index (χ3n) is 12.8. The molecule has 6 heteroatoms. The molecule has 0 saturated heterocycles. The summed E-state index contributed by atoms with van der Waals surface area (Å²) in [5.74, 6) is 0.857. The highest BCUT2D eigenvalue weighted by Gasteiger charge is 2.19. The minimum Gasteiger partial charge on any atom is -0.462 e. The summed E-state index contributed by atoms with van der Waals surface area (Å²) in [6.07, 6.45) is 49.3. The second kappa shape index (κ2) is 47.9. The van der Waals surface area contributed by atoms with Crippen LogP contribution in [0.5, 0.6) is 0 Å². The van der Waals surface area contributed by atoms with Crippen molar-refractivity contribution < 1.29 is 28.6 Å². The van der Waals surface area contributed by atoms with Crippen LogP contribution in [0.1, 0.15) is 304 Å². The minimum atomic E-state index is -0.762. The van der Waals surface area contributed by atoms with E-state index in [1.54, 1.807) is 0 Å². The molecule has 6 nitrogen and oxygen atoms in total. The number of hydrogen-bond donors (Lipinski definition) is 0. The van der Waals surface area contributed by atoms with Crippen LogP contribution in [0.4, 0.5) is 0 Å². The van der Waals surface area contributed by atoms with Gasteiger partial charge in [-0.15, -0.1) is 0 Å². The van der Waals surface area contributed by atoms with E-state index in [-0.39, 0.29) is 31.1 Å². The Balaban J connectivity index is 4.32. The van der Waals surface area contributed by atoms with Gasteiger partial charge in [0.2, 0.25) is 0 Å². The van der Waals surface area contributed by atoms with Crippen LogP contribution >= 0.6 is 0 Å². The van der Waals surface area contributed by atoms with E-state index in [0.717, 1.165) is 69.6 Å². The van der Waals surface area contributed by atoms with Crippen LogP contribution in [0, 0.1) is 11.8 Å². The molecule has 0 fully saturated rings. The lowest BCUT2D eigenvalue weighted by molar-refractivity contribution is -0.167. The van der Waals surface area contributed by atoms with E-state index in [1.165, 1.54) is 193 Å². The molecule has 0 aliphatic heterocycles. The summed E-state index contributed by atoms with van der Waals surface area (Å²) in [5.41, 5.74) is 0. The van der Waals surface area contributed by atoms with E-state index in [1.807, 2.05) is 0 Å². The van der Waals surface area contributed by atoms with Crippen LogP contribution in [0.15, 0.2) is 0 Å². The standard InChI is InChI=1S/C55H106O6/c1-6-8-9-10-11-12-13-14-15-19-25-30-35-40-45-53(56)59-48-52(61-55(58)47-42-37-32-27-22-21-24-29-34-39-44-51(5)7-2)49-60-54(57)46-41-36-31-26-20-17-16-18-23-28-33-38-43-50(3)4/h50-52H,6-49H2,1-5H3/t51?,52-/m0/s1. The third kappa shape index (κ3) is 47.7. The number of rotatable bonds is 49. The maximum Gasteiger partial charge on any atom is 0.306 e. The molecule has 0 saturated carbocycles. The molecular formula is C55H106O6. The van der Waals surface area contributed by atoms with Crippen molar-refractivity contribution in [3.63, 3.8) is 0 Å². The number of carbonyl (C=O) groups is 3. The number of ether oxygens (including phenoxy) is 3. The lowest BCUT2D eigenvalue weighted by Gasteiger charge is -2.18. The molecule has 0 aliphatic rings. The molecule has 0 aromatic carbocycles. The second-order valence-corrected chi connectivity index (χ2v) is 19.6. The van der Waals surface area contributed by atoms with E-state index >= 15 is 0 Å². The Morgan fingerprint density at radius 3 is 0.934 bits per heavy atom. The molecule has 0 spiro atoms. The highest BCUT2D eigenvalue weighted by Crippen LogP contribution is 2.18. The van der Waals surface area contributed by atoms with Crippen molar-refractivity contribution in [3.8, 4) is 0 Å². The first kappa shape index (κ1) is 59.4. The van der Waals surface area contributed by atoms with Gasteiger partial charge in [-0.25, -0.2) is 0 Å². The molecule has 0 aliphatic carbocycles. The molecule has 0 bridgehead atoms. The number of hydrogen-bond acceptors (Lipinski definition) is 6. The molecule has 0 amide bonds. The van der Waals surface area contributed by atoms with Gasteiger partial charge < -0.3 is 14.2 Å². The smallest absolute Gasteiger partial charge is 0.306 e. The quantitative estimate of drug-likeness (QED) is 0.0344. The van der Waals surface area contributed by atoms with E-state index in [0.29, 0.717) is 19.3 Å². The largest absolute Gasteiger partial charge is 0.462 e. The molecule has 0 heterocycles. The van der Waals surface area contributed by atoms with Crippen LogP contribution in [0.25, 0.3) is 0 Å². The second-order valence-electron chi connectivity index (χ2n) is 19.6. The van der Waals surface area contributed by atoms with Gasteiger partial charge in [0.05, 0.1) is 0 Å². The highest BCUT2D eigenvalue weighted by atomic mass is 16.6. The van der Waals surface area contributed by atoms with Crippen LogP contribution in [-0.2, 0) is 28.6 Å². The van der Waals surface area contributed by atoms with Gasteiger partial charge in [-0.3, -0.25) is 14.4 Å². The van der Waals surface area contributed by atoms with Gasteiger partial charge in [0.25, 0.3) is 0 Å². The van der Waals surface area contributed by atoms with Crippen molar-refractivity contribution in [2.24, 2.45) is 11.8 Å². The van der Waals surface area contributed by atoms with Crippen LogP contribution in [-0.4, -0.2) is 37.2 Å². The van der Waals surface area contributed by atoms with Crippen LogP contribution in [0.2, 0.25) is 0 Å². The van der Waals surface area contributed by atoms with E-state index in [9.17, 15) is 14.4 Å². The topological polar surface area (TPSA) is 78.9 Å². The van der Waals surface area contributed by atoms with E-state index in [2.05, 4.69) is 34.6 Å². The van der Waals surface area contributed by atoms with Gasteiger partial charge in [-0.1, -0.05) is 266 Å². The maximum atomic E-state index is 12.8. The Morgan fingerprint density at radius 2 is 0.623 bits per heavy atom. The van der Waals surface area contributed by atoms with Gasteiger partial charge in [-0.05, 0) is 31.1 Å². The summed E-state index contributed by atoms with van der Waals surface area (Å²) in [6.45, 7) is 11.4. The predicted octanol–water partition coefficient (Wildman–Crippen LogP) is 17.7. The number of esters is 3. The zero-order valence-corrected chi connectivity index (χ0v) is 41.8. The molecule has 0 aromatic heterocycles. The predicted molar refractivity (Wildman–Crippen MR) is 261 cm³/mol. The van der Waals surface area contributed by atoms with Gasteiger partial charge in [-0.2, -0.15) is 0 Å². The van der Waals surface area contributed by atoms with Crippen molar-refractivity contribution in [2.45, 2.75) is 310 Å². The van der Waals surface area contributed by atoms with Crippen molar-refractivity contribution in [1.29, 1.82) is 0 Å². The monoisotopic (exact) mass is 863 g/mol. The minimum absolute atomic E-state index is 0.0633. The summed E-state index contributed by atoms with van der Waals surface area (Å²) in [4.78, 5) is 38.0. The first-order valence-electron chi connectivity index (χ1n) is 27.3. The lowest BCUT2D eigenvalue weighted by Crippen LogP contribution is -2.30. The molecule has 0 aromatic rings. The van der Waals surface area contributed by atoms with Gasteiger partial charge in [0.15, 0.2) is 6.10 Å². The molecule has 0 rings (SSSR count).